The van der Waals surface area contributed by atoms with E-state index >= 15 is 0 Å². The van der Waals surface area contributed by atoms with Crippen LogP contribution < -0.4 is 35.9 Å². The number of hydrogen-bond acceptors (Lipinski definition) is 12. The van der Waals surface area contributed by atoms with E-state index in [-0.39, 0.29) is 35.9 Å². The zero-order chi connectivity index (χ0) is 46.8. The first-order chi connectivity index (χ1) is 31.8. The fraction of sp³-hybridized carbons (Fsp3) is 0.200. The fourth-order valence-electron chi connectivity index (χ4n) is 8.54. The normalized spacial score (nSPS) is 21.2. The second kappa shape index (κ2) is 18.8. The maximum Gasteiger partial charge on any atom is 0.488 e. The number of likely N-dealkylation sites (N-methyl/N-ethyl adjacent to an activating group) is 2. The molecule has 0 aliphatic carbocycles. The Morgan fingerprint density at radius 2 is 1.09 bits per heavy atom. The van der Waals surface area contributed by atoms with Crippen molar-refractivity contribution in [2.24, 2.45) is 21.5 Å². The highest BCUT2D eigenvalue weighted by molar-refractivity contribution is 9.10. The van der Waals surface area contributed by atoms with Crippen molar-refractivity contribution in [3.8, 4) is 34.1 Å². The summed E-state index contributed by atoms with van der Waals surface area (Å²) in [5.74, 6) is 2.89. The van der Waals surface area contributed by atoms with Crippen LogP contribution in [0.15, 0.2) is 160 Å². The highest BCUT2D eigenvalue weighted by Crippen LogP contribution is 2.52. The molecule has 0 fully saturated rings. The summed E-state index contributed by atoms with van der Waals surface area (Å²) in [6.07, 6.45) is 0.245. The van der Waals surface area contributed by atoms with Gasteiger partial charge >= 0.3 is 7.12 Å². The van der Waals surface area contributed by atoms with Crippen molar-refractivity contribution in [2.75, 3.05) is 28.3 Å². The van der Waals surface area contributed by atoms with Crippen LogP contribution in [0.2, 0.25) is 0 Å². The number of fused-ring (bicyclic) bond motifs is 4. The van der Waals surface area contributed by atoms with Crippen LogP contribution in [-0.2, 0) is 20.7 Å². The number of carbonyl (C=O) groups is 2. The molecule has 4 unspecified atom stereocenters. The predicted molar refractivity (Wildman–Crippen MR) is 256 cm³/mol. The van der Waals surface area contributed by atoms with Gasteiger partial charge in [-0.2, -0.15) is 0 Å². The van der Waals surface area contributed by atoms with E-state index < -0.39 is 18.2 Å². The number of hydrogen-bond donors (Lipinski definition) is 4. The molecule has 336 valence electrons. The number of ether oxygens (including phenoxy) is 4. The molecule has 16 heteroatoms. The molecule has 6 aromatic rings. The van der Waals surface area contributed by atoms with Gasteiger partial charge in [-0.3, -0.25) is 19.4 Å². The van der Waals surface area contributed by atoms with E-state index in [9.17, 15) is 9.59 Å². The maximum atomic E-state index is 13.4. The van der Waals surface area contributed by atoms with E-state index in [1.54, 1.807) is 45.5 Å². The summed E-state index contributed by atoms with van der Waals surface area (Å²) in [5, 5.41) is 17.5. The number of nitrogens with zero attached hydrogens (tertiary/aromatic N) is 4. The molecule has 10 rings (SSSR count). The summed E-state index contributed by atoms with van der Waals surface area (Å²) in [6.45, 7) is 0. The lowest BCUT2D eigenvalue weighted by atomic mass is 9.79. The van der Waals surface area contributed by atoms with E-state index in [0.29, 0.717) is 35.6 Å². The van der Waals surface area contributed by atoms with Gasteiger partial charge in [-0.25, -0.2) is 9.98 Å². The van der Waals surface area contributed by atoms with Crippen molar-refractivity contribution in [3.63, 3.8) is 0 Å². The van der Waals surface area contributed by atoms with Crippen LogP contribution >= 0.6 is 15.9 Å². The molecular formula is C50H48BBrN6O8. The Morgan fingerprint density at radius 3 is 1.58 bits per heavy atom. The van der Waals surface area contributed by atoms with Crippen LogP contribution in [0.4, 0.5) is 0 Å². The quantitative estimate of drug-likeness (QED) is 0.140. The summed E-state index contributed by atoms with van der Waals surface area (Å²) in [5.41, 5.74) is 15.8. The second-order valence-corrected chi connectivity index (χ2v) is 17.0. The molecule has 6 aromatic carbocycles. The lowest BCUT2D eigenvalue weighted by Gasteiger charge is -2.37. The van der Waals surface area contributed by atoms with Crippen LogP contribution in [0.3, 0.4) is 0 Å². The Bertz CT molecular complexity index is 2830. The van der Waals surface area contributed by atoms with Crippen LogP contribution in [0.5, 0.6) is 23.0 Å². The van der Waals surface area contributed by atoms with Gasteiger partial charge < -0.3 is 40.5 Å². The summed E-state index contributed by atoms with van der Waals surface area (Å²) < 4.78 is 23.7. The molecule has 0 saturated carbocycles. The molecule has 4 aliphatic heterocycles. The first-order valence-electron chi connectivity index (χ1n) is 21.1. The van der Waals surface area contributed by atoms with Gasteiger partial charge in [-0.15, -0.1) is 0 Å². The maximum absolute atomic E-state index is 13.4. The topological polar surface area (TPSA) is 195 Å². The molecule has 2 spiro atoms. The second-order valence-electron chi connectivity index (χ2n) is 16.1. The van der Waals surface area contributed by atoms with Crippen molar-refractivity contribution in [1.29, 1.82) is 0 Å². The Balaban J connectivity index is 0.000000149. The molecule has 2 amide bonds. The molecule has 0 aromatic heterocycles. The SMILES string of the molecule is CN1C(=O)C2(CC(c3ccccc3)Oc3ccc(Br)cc32)N=C1N.COc1cccc(-c2ccc3c(c2)C2(CC(c4ccccc4)O3)N=C(N)N(C)C2=O)c1.COc1cccc(B(O)O)c1. The van der Waals surface area contributed by atoms with Crippen molar-refractivity contribution in [2.45, 2.75) is 36.1 Å². The molecule has 4 aliphatic rings. The monoisotopic (exact) mass is 950 g/mol. The number of methoxy groups -OCH3 is 2. The van der Waals surface area contributed by atoms with Crippen LogP contribution in [-0.4, -0.2) is 79.0 Å². The number of aliphatic imine (C=N–C) groups is 2. The van der Waals surface area contributed by atoms with Gasteiger partial charge in [0, 0.05) is 42.5 Å². The molecule has 0 saturated heterocycles. The lowest BCUT2D eigenvalue weighted by Crippen LogP contribution is -2.43. The molecule has 0 radical (unpaired) electrons. The third kappa shape index (κ3) is 8.70. The molecule has 4 heterocycles. The third-order valence-electron chi connectivity index (χ3n) is 12.1. The van der Waals surface area contributed by atoms with E-state index in [1.165, 1.54) is 16.9 Å². The van der Waals surface area contributed by atoms with Crippen LogP contribution in [0.1, 0.15) is 47.3 Å². The number of amides is 2. The number of benzene rings is 6. The van der Waals surface area contributed by atoms with Gasteiger partial charge in [0.1, 0.15) is 35.2 Å². The van der Waals surface area contributed by atoms with Gasteiger partial charge in [0.05, 0.1) is 14.2 Å². The zero-order valence-corrected chi connectivity index (χ0v) is 38.3. The number of halogens is 1. The van der Waals surface area contributed by atoms with E-state index in [0.717, 1.165) is 43.6 Å². The number of carbonyl (C=O) groups excluding carboxylic acids is 2. The lowest BCUT2D eigenvalue weighted by molar-refractivity contribution is -0.133. The molecule has 4 atom stereocenters. The summed E-state index contributed by atoms with van der Waals surface area (Å²) in [4.78, 5) is 38.5. The van der Waals surface area contributed by atoms with Crippen LogP contribution in [0, 0.1) is 0 Å². The van der Waals surface area contributed by atoms with E-state index in [1.807, 2.05) is 121 Å². The van der Waals surface area contributed by atoms with Gasteiger partial charge in [-0.05, 0) is 82.3 Å². The smallest absolute Gasteiger partial charge is 0.488 e. The highest BCUT2D eigenvalue weighted by Gasteiger charge is 2.55. The zero-order valence-electron chi connectivity index (χ0n) is 36.7. The average Bonchev–Trinajstić information content (AvgIpc) is 3.69. The molecule has 0 bridgehead atoms. The van der Waals surface area contributed by atoms with Crippen molar-refractivity contribution >= 4 is 52.2 Å². The molecule has 66 heavy (non-hydrogen) atoms. The fourth-order valence-corrected chi connectivity index (χ4v) is 8.90. The highest BCUT2D eigenvalue weighted by atomic mass is 79.9. The first-order valence-corrected chi connectivity index (χ1v) is 21.9. The van der Waals surface area contributed by atoms with Crippen molar-refractivity contribution in [3.05, 3.63) is 172 Å². The number of rotatable bonds is 6. The summed E-state index contributed by atoms with van der Waals surface area (Å²) in [7, 11) is 5.06. The third-order valence-corrected chi connectivity index (χ3v) is 12.6. The largest absolute Gasteiger partial charge is 0.497 e. The van der Waals surface area contributed by atoms with Crippen molar-refractivity contribution in [1.82, 2.24) is 9.80 Å². The van der Waals surface area contributed by atoms with Crippen molar-refractivity contribution < 1.29 is 38.6 Å². The Morgan fingerprint density at radius 1 is 0.621 bits per heavy atom. The Hall–Kier alpha value is -7.14. The standard InChI is InChI=1S/C25H23N3O3.C18H16BrN3O2.C7H9BO3/c1-28-23(29)25(27-24(28)26)15-22(16-7-4-3-5-8-16)31-21-12-11-18(14-20(21)25)17-9-6-10-19(13-17)30-2;1-22-16(23)18(21-17(22)20)10-15(11-5-3-2-4-6-11)24-14-8-7-12(19)9-13(14)18;1-11-7-4-2-3-6(5-7)8(9)10/h3-14,22H,15H2,1-2H3,(H2,26,27);2-9,15H,10H2,1H3,(H2,20,21);2-5,9-10H,1H3. The van der Waals surface area contributed by atoms with Gasteiger partial charge in [0.15, 0.2) is 23.0 Å². The van der Waals surface area contributed by atoms with E-state index in [4.69, 9.17) is 45.5 Å². The van der Waals surface area contributed by atoms with E-state index in [2.05, 4.69) is 20.9 Å². The minimum atomic E-state index is -1.43. The van der Waals surface area contributed by atoms with Gasteiger partial charge in [-0.1, -0.05) is 107 Å². The number of guanidine groups is 2. The van der Waals surface area contributed by atoms with Gasteiger partial charge in [0.25, 0.3) is 11.8 Å². The molecule has 14 nitrogen and oxygen atoms in total. The summed E-state index contributed by atoms with van der Waals surface area (Å²) in [6, 6.07) is 45.8. The molecule has 6 N–H and O–H groups in total. The number of nitrogens with two attached hydrogens (primary N) is 2. The predicted octanol–water partition coefficient (Wildman–Crippen LogP) is 6.20. The molecular weight excluding hydrogens is 903 g/mol. The van der Waals surface area contributed by atoms with Gasteiger partial charge in [0.2, 0.25) is 0 Å². The minimum Gasteiger partial charge on any atom is -0.497 e. The summed E-state index contributed by atoms with van der Waals surface area (Å²) >= 11 is 3.47. The average molecular weight is 952 g/mol. The first kappa shape index (κ1) is 45.4. The Labute approximate surface area is 391 Å². The minimum absolute atomic E-state index is 0.122. The van der Waals surface area contributed by atoms with Crippen LogP contribution in [0.25, 0.3) is 11.1 Å². The Kier molecular flexibility index (Phi) is 12.9.